The summed E-state index contributed by atoms with van der Waals surface area (Å²) in [5.74, 6) is -4.98. The predicted octanol–water partition coefficient (Wildman–Crippen LogP) is -4.03. The van der Waals surface area contributed by atoms with Crippen LogP contribution in [-0.2, 0) is 9.53 Å². The van der Waals surface area contributed by atoms with Crippen molar-refractivity contribution in [3.05, 3.63) is 10.4 Å². The Bertz CT molecular complexity index is 414. The third-order valence-corrected chi connectivity index (χ3v) is 2.97. The summed E-state index contributed by atoms with van der Waals surface area (Å²) in [4.78, 5) is 13.2. The first kappa shape index (κ1) is 16.6. The number of azide groups is 1. The first-order valence-corrected chi connectivity index (χ1v) is 5.57. The first-order chi connectivity index (χ1) is 9.26. The van der Waals surface area contributed by atoms with Gasteiger partial charge in [0.05, 0.1) is 18.8 Å². The summed E-state index contributed by atoms with van der Waals surface area (Å²) < 4.78 is 4.70. The van der Waals surface area contributed by atoms with Gasteiger partial charge in [-0.2, -0.15) is 0 Å². The van der Waals surface area contributed by atoms with E-state index in [4.69, 9.17) is 15.4 Å². The number of carboxylic acid groups (broad SMARTS) is 1. The number of hydrogen-bond donors (Lipinski definition) is 5. The minimum atomic E-state index is -2.91. The van der Waals surface area contributed by atoms with E-state index in [0.29, 0.717) is 0 Å². The van der Waals surface area contributed by atoms with Crippen molar-refractivity contribution in [2.75, 3.05) is 6.61 Å². The molecular weight excluding hydrogens is 278 g/mol. The third-order valence-electron chi connectivity index (χ3n) is 2.97. The fourth-order valence-corrected chi connectivity index (χ4v) is 1.90. The number of hydrogen-bond acceptors (Lipinski definition) is 9. The maximum atomic E-state index is 10.8. The molecule has 6 atom stereocenters. The quantitative estimate of drug-likeness (QED) is 0.191. The van der Waals surface area contributed by atoms with Crippen molar-refractivity contribution in [2.45, 2.75) is 42.7 Å². The molecule has 0 aromatic heterocycles. The van der Waals surface area contributed by atoms with E-state index in [1.54, 1.807) is 0 Å². The molecule has 1 fully saturated rings. The smallest absolute Gasteiger partial charge is 0.209 e. The minimum Gasteiger partial charge on any atom is -0.544 e. The predicted molar refractivity (Wildman–Crippen MR) is 57.5 cm³/mol. The molecule has 11 nitrogen and oxygen atoms in total. The van der Waals surface area contributed by atoms with E-state index in [-0.39, 0.29) is 0 Å². The van der Waals surface area contributed by atoms with Crippen LogP contribution in [0.2, 0.25) is 0 Å². The Morgan fingerprint density at radius 3 is 2.65 bits per heavy atom. The highest BCUT2D eigenvalue weighted by Crippen LogP contribution is 2.31. The average molecular weight is 292 g/mol. The van der Waals surface area contributed by atoms with Crippen molar-refractivity contribution >= 4 is 5.97 Å². The molecule has 0 aromatic carbocycles. The van der Waals surface area contributed by atoms with Crippen molar-refractivity contribution in [3.63, 3.8) is 0 Å². The monoisotopic (exact) mass is 292 g/mol. The van der Waals surface area contributed by atoms with E-state index in [2.05, 4.69) is 10.0 Å². The number of ether oxygens (including phenoxy) is 1. The van der Waals surface area contributed by atoms with Crippen LogP contribution in [0.1, 0.15) is 6.42 Å². The fraction of sp³-hybridized carbons (Fsp3) is 0.889. The van der Waals surface area contributed by atoms with Gasteiger partial charge in [-0.25, -0.2) is 0 Å². The molecule has 0 radical (unpaired) electrons. The SMILES string of the molecule is [N-]=[N+]=N[C@@H]1C(O)CC(O)(C(=O)[O-])OC1C(O)C(O)CO. The van der Waals surface area contributed by atoms with Gasteiger partial charge in [0.1, 0.15) is 24.3 Å². The van der Waals surface area contributed by atoms with Crippen molar-refractivity contribution in [3.8, 4) is 0 Å². The largest absolute Gasteiger partial charge is 0.544 e. The lowest BCUT2D eigenvalue weighted by Gasteiger charge is -2.45. The lowest BCUT2D eigenvalue weighted by atomic mass is 9.89. The topological polar surface area (TPSA) is 199 Å². The van der Waals surface area contributed by atoms with Crippen LogP contribution < -0.4 is 5.11 Å². The minimum absolute atomic E-state index is 0.850. The number of carbonyl (C=O) groups excluding carboxylic acids is 1. The Morgan fingerprint density at radius 1 is 1.60 bits per heavy atom. The van der Waals surface area contributed by atoms with Gasteiger partial charge in [-0.3, -0.25) is 0 Å². The molecule has 11 heteroatoms. The van der Waals surface area contributed by atoms with E-state index in [0.717, 1.165) is 0 Å². The van der Waals surface area contributed by atoms with Gasteiger partial charge in [-0.1, -0.05) is 5.11 Å². The van der Waals surface area contributed by atoms with Crippen LogP contribution >= 0.6 is 0 Å². The van der Waals surface area contributed by atoms with Crippen molar-refractivity contribution < 1.29 is 40.2 Å². The number of aliphatic hydroxyl groups excluding tert-OH is 4. The molecular formula is C9H14N3O8-. The summed E-state index contributed by atoms with van der Waals surface area (Å²) in [6.07, 6.45) is -7.92. The molecule has 0 saturated carbocycles. The molecule has 5 N–H and O–H groups in total. The maximum absolute atomic E-state index is 10.8. The maximum Gasteiger partial charge on any atom is 0.209 e. The Labute approximate surface area is 112 Å². The van der Waals surface area contributed by atoms with E-state index in [9.17, 15) is 30.3 Å². The zero-order valence-electron chi connectivity index (χ0n) is 10.1. The second-order valence-corrected chi connectivity index (χ2v) is 4.36. The second-order valence-electron chi connectivity index (χ2n) is 4.36. The zero-order valence-corrected chi connectivity index (χ0v) is 10.1. The van der Waals surface area contributed by atoms with Gasteiger partial charge in [0.2, 0.25) is 5.79 Å². The van der Waals surface area contributed by atoms with Crippen LogP contribution in [-0.4, -0.2) is 74.4 Å². The van der Waals surface area contributed by atoms with E-state index in [1.807, 2.05) is 0 Å². The molecule has 0 bridgehead atoms. The molecule has 1 aliphatic heterocycles. The Morgan fingerprint density at radius 2 is 2.20 bits per heavy atom. The third kappa shape index (κ3) is 3.16. The van der Waals surface area contributed by atoms with Crippen LogP contribution in [0.5, 0.6) is 0 Å². The van der Waals surface area contributed by atoms with Crippen LogP contribution in [0.4, 0.5) is 0 Å². The molecule has 1 aliphatic rings. The van der Waals surface area contributed by atoms with Gasteiger partial charge in [-0.05, 0) is 5.53 Å². The molecule has 1 saturated heterocycles. The van der Waals surface area contributed by atoms with Crippen molar-refractivity contribution in [2.24, 2.45) is 5.11 Å². The normalized spacial score (nSPS) is 36.8. The van der Waals surface area contributed by atoms with Crippen LogP contribution in [0.15, 0.2) is 5.11 Å². The van der Waals surface area contributed by atoms with E-state index >= 15 is 0 Å². The highest BCUT2D eigenvalue weighted by molar-refractivity contribution is 5.73. The van der Waals surface area contributed by atoms with Gasteiger partial charge in [0.15, 0.2) is 0 Å². The van der Waals surface area contributed by atoms with Gasteiger partial charge >= 0.3 is 0 Å². The molecule has 0 amide bonds. The summed E-state index contributed by atoms with van der Waals surface area (Å²) >= 11 is 0. The molecule has 0 aromatic rings. The highest BCUT2D eigenvalue weighted by atomic mass is 16.7. The molecule has 20 heavy (non-hydrogen) atoms. The summed E-state index contributed by atoms with van der Waals surface area (Å²) in [5.41, 5.74) is 8.38. The van der Waals surface area contributed by atoms with E-state index in [1.165, 1.54) is 0 Å². The van der Waals surface area contributed by atoms with Crippen LogP contribution in [0.25, 0.3) is 10.4 Å². The lowest BCUT2D eigenvalue weighted by molar-refractivity contribution is -0.373. The number of nitrogens with zero attached hydrogens (tertiary/aromatic N) is 3. The molecule has 1 heterocycles. The van der Waals surface area contributed by atoms with Gasteiger partial charge < -0.3 is 40.2 Å². The number of aliphatic hydroxyl groups is 5. The average Bonchev–Trinajstić information content (AvgIpc) is 2.39. The van der Waals surface area contributed by atoms with Gasteiger partial charge in [0.25, 0.3) is 0 Å². The summed E-state index contributed by atoms with van der Waals surface area (Å²) in [5, 5.41) is 61.1. The highest BCUT2D eigenvalue weighted by Gasteiger charge is 2.50. The number of aliphatic carboxylic acids is 1. The van der Waals surface area contributed by atoms with Gasteiger partial charge in [-0.15, -0.1) is 0 Å². The Kier molecular flexibility index (Phi) is 5.25. The number of rotatable bonds is 5. The Balaban J connectivity index is 3.10. The molecule has 0 spiro atoms. The molecule has 1 rings (SSSR count). The summed E-state index contributed by atoms with van der Waals surface area (Å²) in [6, 6.07) is -1.46. The standard InChI is InChI=1S/C9H15N3O8/c10-12-11-5-3(14)1-9(19,8(17)18)20-7(5)6(16)4(15)2-13/h3-7,13-16,19H,1-2H2,(H,17,18)/p-1/t3?,4?,5-,6?,7?,9?/m1/s1. The zero-order chi connectivity index (χ0) is 15.5. The van der Waals surface area contributed by atoms with Crippen molar-refractivity contribution in [1.29, 1.82) is 0 Å². The lowest BCUT2D eigenvalue weighted by Crippen LogP contribution is -2.65. The van der Waals surface area contributed by atoms with Gasteiger partial charge in [0, 0.05) is 11.3 Å². The Hall–Kier alpha value is -1.46. The number of carboxylic acids is 1. The van der Waals surface area contributed by atoms with Crippen molar-refractivity contribution in [1.82, 2.24) is 0 Å². The van der Waals surface area contributed by atoms with Crippen LogP contribution in [0.3, 0.4) is 0 Å². The molecule has 5 unspecified atom stereocenters. The van der Waals surface area contributed by atoms with Crippen LogP contribution in [0, 0.1) is 0 Å². The fourth-order valence-electron chi connectivity index (χ4n) is 1.90. The molecule has 114 valence electrons. The number of carbonyl (C=O) groups is 1. The first-order valence-electron chi connectivity index (χ1n) is 5.57. The second kappa shape index (κ2) is 6.33. The summed E-state index contributed by atoms with van der Waals surface area (Å²) in [6.45, 7) is -0.899. The summed E-state index contributed by atoms with van der Waals surface area (Å²) in [7, 11) is 0. The molecule has 0 aliphatic carbocycles. The van der Waals surface area contributed by atoms with E-state index < -0.39 is 55.2 Å².